The third-order valence-corrected chi connectivity index (χ3v) is 3.62. The first kappa shape index (κ1) is 12.4. The Kier molecular flexibility index (Phi) is 3.43. The molecule has 0 spiro atoms. The minimum absolute atomic E-state index is 0.227. The zero-order valence-corrected chi connectivity index (χ0v) is 11.2. The van der Waals surface area contributed by atoms with E-state index >= 15 is 0 Å². The lowest BCUT2D eigenvalue weighted by Crippen LogP contribution is -2.40. The first-order valence-electron chi connectivity index (χ1n) is 5.95. The van der Waals surface area contributed by atoms with E-state index in [-0.39, 0.29) is 10.6 Å². The van der Waals surface area contributed by atoms with Crippen molar-refractivity contribution in [1.82, 2.24) is 9.78 Å². The molecule has 0 aliphatic carbocycles. The lowest BCUT2D eigenvalue weighted by Gasteiger charge is -2.36. The van der Waals surface area contributed by atoms with E-state index in [2.05, 4.69) is 23.8 Å². The number of nitrogens with zero attached hydrogens (tertiary/aromatic N) is 3. The van der Waals surface area contributed by atoms with Crippen LogP contribution in [-0.2, 0) is 7.05 Å². The SMILES string of the molecule is C[C@@H]1C[C@@H](C)CN(c2cnn(C)c(=O)c2Cl)C1. The van der Waals surface area contributed by atoms with Crippen molar-refractivity contribution >= 4 is 17.3 Å². The lowest BCUT2D eigenvalue weighted by atomic mass is 9.92. The average molecular weight is 256 g/mol. The lowest BCUT2D eigenvalue weighted by molar-refractivity contribution is 0.356. The van der Waals surface area contributed by atoms with Crippen molar-refractivity contribution in [1.29, 1.82) is 0 Å². The van der Waals surface area contributed by atoms with E-state index in [4.69, 9.17) is 11.6 Å². The minimum Gasteiger partial charge on any atom is -0.368 e. The topological polar surface area (TPSA) is 38.1 Å². The molecule has 1 saturated heterocycles. The number of aryl methyl sites for hydroxylation is 1. The van der Waals surface area contributed by atoms with E-state index in [0.717, 1.165) is 18.8 Å². The summed E-state index contributed by atoms with van der Waals surface area (Å²) in [5.41, 5.74) is 0.545. The highest BCUT2D eigenvalue weighted by atomic mass is 35.5. The molecule has 2 heterocycles. The van der Waals surface area contributed by atoms with Gasteiger partial charge in [0.05, 0.1) is 11.9 Å². The number of rotatable bonds is 1. The molecule has 1 aliphatic rings. The second-order valence-corrected chi connectivity index (χ2v) is 5.50. The molecule has 0 saturated carbocycles. The molecule has 0 radical (unpaired) electrons. The highest BCUT2D eigenvalue weighted by Crippen LogP contribution is 2.28. The zero-order valence-electron chi connectivity index (χ0n) is 10.5. The van der Waals surface area contributed by atoms with Gasteiger partial charge in [-0.25, -0.2) is 4.68 Å². The molecule has 2 atom stereocenters. The van der Waals surface area contributed by atoms with Gasteiger partial charge in [0, 0.05) is 20.1 Å². The standard InChI is InChI=1S/C12H18ClN3O/c1-8-4-9(2)7-16(6-8)10-5-14-15(3)12(17)11(10)13/h5,8-9H,4,6-7H2,1-3H3/t8-,9-/m1/s1. The Morgan fingerprint density at radius 2 is 1.94 bits per heavy atom. The molecule has 1 fully saturated rings. The molecule has 0 amide bonds. The van der Waals surface area contributed by atoms with Crippen LogP contribution in [0.4, 0.5) is 5.69 Å². The Morgan fingerprint density at radius 3 is 2.53 bits per heavy atom. The smallest absolute Gasteiger partial charge is 0.287 e. The third-order valence-electron chi connectivity index (χ3n) is 3.27. The van der Waals surface area contributed by atoms with Crippen molar-refractivity contribution in [3.05, 3.63) is 21.6 Å². The largest absolute Gasteiger partial charge is 0.368 e. The maximum absolute atomic E-state index is 11.7. The molecule has 1 aromatic heterocycles. The molecule has 5 heteroatoms. The third kappa shape index (κ3) is 2.46. The van der Waals surface area contributed by atoms with E-state index in [1.807, 2.05) is 0 Å². The Balaban J connectivity index is 2.34. The van der Waals surface area contributed by atoms with Crippen LogP contribution in [0, 0.1) is 11.8 Å². The summed E-state index contributed by atoms with van der Waals surface area (Å²) in [5, 5.41) is 4.32. The number of hydrogen-bond acceptors (Lipinski definition) is 3. The summed E-state index contributed by atoms with van der Waals surface area (Å²) >= 11 is 6.11. The Bertz CT molecular complexity index is 461. The van der Waals surface area contributed by atoms with Gasteiger partial charge in [0.2, 0.25) is 0 Å². The summed E-state index contributed by atoms with van der Waals surface area (Å²) < 4.78 is 1.27. The van der Waals surface area contributed by atoms with Gasteiger partial charge in [-0.05, 0) is 18.3 Å². The van der Waals surface area contributed by atoms with Gasteiger partial charge in [0.1, 0.15) is 5.02 Å². The van der Waals surface area contributed by atoms with Crippen molar-refractivity contribution in [3.8, 4) is 0 Å². The van der Waals surface area contributed by atoms with Gasteiger partial charge in [0.25, 0.3) is 5.56 Å². The Labute approximate surface area is 106 Å². The molecular weight excluding hydrogens is 238 g/mol. The van der Waals surface area contributed by atoms with Gasteiger partial charge < -0.3 is 4.90 Å². The van der Waals surface area contributed by atoms with E-state index in [1.54, 1.807) is 13.2 Å². The predicted octanol–water partition coefficient (Wildman–Crippen LogP) is 1.92. The van der Waals surface area contributed by atoms with Gasteiger partial charge >= 0.3 is 0 Å². The van der Waals surface area contributed by atoms with E-state index in [1.165, 1.54) is 11.1 Å². The first-order valence-corrected chi connectivity index (χ1v) is 6.33. The highest BCUT2D eigenvalue weighted by molar-refractivity contribution is 6.33. The predicted molar refractivity (Wildman–Crippen MR) is 69.6 cm³/mol. The van der Waals surface area contributed by atoms with Crippen LogP contribution in [0.2, 0.25) is 5.02 Å². The number of anilines is 1. The summed E-state index contributed by atoms with van der Waals surface area (Å²) in [7, 11) is 1.61. The number of aromatic nitrogens is 2. The van der Waals surface area contributed by atoms with Crippen molar-refractivity contribution in [3.63, 3.8) is 0 Å². The summed E-state index contributed by atoms with van der Waals surface area (Å²) in [6.07, 6.45) is 2.92. The summed E-state index contributed by atoms with van der Waals surface area (Å²) in [4.78, 5) is 13.9. The molecule has 2 rings (SSSR count). The summed E-state index contributed by atoms with van der Waals surface area (Å²) in [6, 6.07) is 0. The molecule has 4 nitrogen and oxygen atoms in total. The molecule has 17 heavy (non-hydrogen) atoms. The van der Waals surface area contributed by atoms with Crippen LogP contribution in [0.15, 0.2) is 11.0 Å². The fraction of sp³-hybridized carbons (Fsp3) is 0.667. The Hall–Kier alpha value is -1.03. The van der Waals surface area contributed by atoms with Crippen LogP contribution in [0.25, 0.3) is 0 Å². The fourth-order valence-electron chi connectivity index (χ4n) is 2.58. The van der Waals surface area contributed by atoms with Crippen molar-refractivity contribution in [2.45, 2.75) is 20.3 Å². The van der Waals surface area contributed by atoms with Crippen LogP contribution in [-0.4, -0.2) is 22.9 Å². The highest BCUT2D eigenvalue weighted by Gasteiger charge is 2.24. The summed E-state index contributed by atoms with van der Waals surface area (Å²) in [5.74, 6) is 1.25. The number of piperidine rings is 1. The first-order chi connectivity index (χ1) is 7.99. The molecule has 1 aliphatic heterocycles. The van der Waals surface area contributed by atoms with E-state index < -0.39 is 0 Å². The normalized spacial score (nSPS) is 25.1. The maximum atomic E-state index is 11.7. The Morgan fingerprint density at radius 1 is 1.35 bits per heavy atom. The molecule has 0 unspecified atom stereocenters. The van der Waals surface area contributed by atoms with Crippen molar-refractivity contribution < 1.29 is 0 Å². The van der Waals surface area contributed by atoms with Gasteiger partial charge in [-0.3, -0.25) is 4.79 Å². The second kappa shape index (κ2) is 4.69. The van der Waals surface area contributed by atoms with Crippen LogP contribution in [0.5, 0.6) is 0 Å². The summed E-state index contributed by atoms with van der Waals surface area (Å²) in [6.45, 7) is 6.34. The average Bonchev–Trinajstić information content (AvgIpc) is 2.24. The monoisotopic (exact) mass is 255 g/mol. The van der Waals surface area contributed by atoms with Crippen LogP contribution < -0.4 is 10.5 Å². The quantitative estimate of drug-likeness (QED) is 0.770. The molecule has 94 valence electrons. The number of hydrogen-bond donors (Lipinski definition) is 0. The number of halogens is 1. The van der Waals surface area contributed by atoms with E-state index in [0.29, 0.717) is 11.8 Å². The fourth-order valence-corrected chi connectivity index (χ4v) is 2.87. The van der Waals surface area contributed by atoms with E-state index in [9.17, 15) is 4.79 Å². The molecular formula is C12H18ClN3O. The van der Waals surface area contributed by atoms with Gasteiger partial charge in [-0.15, -0.1) is 0 Å². The van der Waals surface area contributed by atoms with Crippen LogP contribution in [0.3, 0.4) is 0 Å². The van der Waals surface area contributed by atoms with Crippen LogP contribution in [0.1, 0.15) is 20.3 Å². The molecule has 0 bridgehead atoms. The molecule has 0 aromatic carbocycles. The van der Waals surface area contributed by atoms with Crippen LogP contribution >= 0.6 is 11.6 Å². The molecule has 1 aromatic rings. The van der Waals surface area contributed by atoms with Gasteiger partial charge in [0.15, 0.2) is 0 Å². The minimum atomic E-state index is -0.227. The maximum Gasteiger partial charge on any atom is 0.287 e. The van der Waals surface area contributed by atoms with Gasteiger partial charge in [-0.1, -0.05) is 25.4 Å². The zero-order chi connectivity index (χ0) is 12.6. The van der Waals surface area contributed by atoms with Gasteiger partial charge in [-0.2, -0.15) is 5.10 Å². The van der Waals surface area contributed by atoms with Crippen molar-refractivity contribution in [2.24, 2.45) is 18.9 Å². The second-order valence-electron chi connectivity index (χ2n) is 5.12. The molecule has 0 N–H and O–H groups in total. The van der Waals surface area contributed by atoms with Crippen molar-refractivity contribution in [2.75, 3.05) is 18.0 Å².